The lowest BCUT2D eigenvalue weighted by molar-refractivity contribution is -0.117. The number of aryl methyl sites for hydroxylation is 1. The van der Waals surface area contributed by atoms with Crippen molar-refractivity contribution in [3.05, 3.63) is 77.1 Å². The van der Waals surface area contributed by atoms with Crippen LogP contribution in [0.5, 0.6) is 0 Å². The van der Waals surface area contributed by atoms with Crippen LogP contribution in [0.1, 0.15) is 25.3 Å². The fraction of sp³-hybridized carbons (Fsp3) is 0.238. The predicted octanol–water partition coefficient (Wildman–Crippen LogP) is 2.79. The molecule has 0 saturated carbocycles. The summed E-state index contributed by atoms with van der Waals surface area (Å²) in [5, 5.41) is 3.44. The van der Waals surface area contributed by atoms with Crippen LogP contribution < -0.4 is 10.9 Å². The summed E-state index contributed by atoms with van der Waals surface area (Å²) in [7, 11) is 0. The molecule has 6 nitrogen and oxygen atoms in total. The van der Waals surface area contributed by atoms with E-state index in [-0.39, 0.29) is 17.5 Å². The normalized spacial score (nSPS) is 12.3. The fourth-order valence-electron chi connectivity index (χ4n) is 2.86. The number of nitrogens with one attached hydrogen (secondary N) is 1. The van der Waals surface area contributed by atoms with Gasteiger partial charge < -0.3 is 5.32 Å². The van der Waals surface area contributed by atoms with Crippen molar-refractivity contribution in [3.8, 4) is 0 Å². The summed E-state index contributed by atoms with van der Waals surface area (Å²) in [5.41, 5.74) is 1.63. The van der Waals surface area contributed by atoms with E-state index < -0.39 is 0 Å². The minimum atomic E-state index is -0.232. The lowest BCUT2D eigenvalue weighted by Gasteiger charge is -2.12. The molecule has 3 aromatic rings. The maximum Gasteiger partial charge on any atom is 0.265 e. The Bertz CT molecular complexity index is 996. The van der Waals surface area contributed by atoms with Crippen LogP contribution in [-0.2, 0) is 11.2 Å². The summed E-state index contributed by atoms with van der Waals surface area (Å²) < 4.78 is 1.31. The lowest BCUT2D eigenvalue weighted by atomic mass is 10.1. The molecule has 27 heavy (non-hydrogen) atoms. The molecule has 0 radical (unpaired) electrons. The highest BCUT2D eigenvalue weighted by Crippen LogP contribution is 2.06. The fourth-order valence-corrected chi connectivity index (χ4v) is 2.86. The van der Waals surface area contributed by atoms with E-state index in [1.54, 1.807) is 24.4 Å². The number of rotatable bonds is 7. The van der Waals surface area contributed by atoms with Crippen LogP contribution in [-0.4, -0.2) is 26.5 Å². The van der Waals surface area contributed by atoms with Gasteiger partial charge in [-0.15, -0.1) is 0 Å². The van der Waals surface area contributed by atoms with E-state index in [1.807, 2.05) is 31.3 Å². The second kappa shape index (κ2) is 8.89. The zero-order valence-electron chi connectivity index (χ0n) is 15.2. The molecule has 1 amide bonds. The van der Waals surface area contributed by atoms with E-state index in [0.29, 0.717) is 10.9 Å². The Hall–Kier alpha value is -3.28. The molecular weight excluding hydrogens is 340 g/mol. The lowest BCUT2D eigenvalue weighted by Crippen LogP contribution is -2.31. The number of hydrogen-bond acceptors (Lipinski definition) is 4. The van der Waals surface area contributed by atoms with Gasteiger partial charge in [0.05, 0.1) is 10.9 Å². The molecule has 3 rings (SSSR count). The third-order valence-corrected chi connectivity index (χ3v) is 4.29. The van der Waals surface area contributed by atoms with Gasteiger partial charge >= 0.3 is 0 Å². The molecule has 1 unspecified atom stereocenters. The average Bonchev–Trinajstić information content (AvgIpc) is 2.68. The van der Waals surface area contributed by atoms with E-state index in [0.717, 1.165) is 19.3 Å². The van der Waals surface area contributed by atoms with Crippen LogP contribution in [0.25, 0.3) is 17.1 Å². The summed E-state index contributed by atoms with van der Waals surface area (Å²) in [5.74, 6) is -0.232. The number of fused-ring (bicyclic) bond motifs is 1. The van der Waals surface area contributed by atoms with Crippen LogP contribution in [0.15, 0.2) is 66.0 Å². The molecule has 0 aliphatic rings. The third-order valence-electron chi connectivity index (χ3n) is 4.29. The van der Waals surface area contributed by atoms with E-state index in [2.05, 4.69) is 15.3 Å². The SMILES string of the molecule is CC(CCCc1cccnc1)NC(=O)C=Cn1cnc2ccccc2c1=O. The minimum Gasteiger partial charge on any atom is -0.350 e. The quantitative estimate of drug-likeness (QED) is 0.656. The Morgan fingerprint density at radius 2 is 2.11 bits per heavy atom. The molecule has 1 aromatic carbocycles. The average molecular weight is 362 g/mol. The van der Waals surface area contributed by atoms with Crippen LogP contribution >= 0.6 is 0 Å². The Labute approximate surface area is 157 Å². The van der Waals surface area contributed by atoms with Crippen LogP contribution in [0, 0.1) is 0 Å². The first-order valence-electron chi connectivity index (χ1n) is 8.97. The Balaban J connectivity index is 1.52. The van der Waals surface area contributed by atoms with E-state index in [4.69, 9.17) is 0 Å². The number of benzene rings is 1. The molecule has 1 atom stereocenters. The molecule has 6 heteroatoms. The standard InChI is InChI=1S/C21H22N4O2/c1-16(6-4-7-17-8-5-12-22-14-17)24-20(26)11-13-25-15-23-19-10-3-2-9-18(19)21(25)27/h2-3,5,8-16H,4,6-7H2,1H3,(H,24,26). The predicted molar refractivity (Wildman–Crippen MR) is 106 cm³/mol. The number of pyridine rings is 1. The number of para-hydroxylation sites is 1. The van der Waals surface area contributed by atoms with Gasteiger partial charge in [0.1, 0.15) is 6.33 Å². The first kappa shape index (κ1) is 18.5. The number of aromatic nitrogens is 3. The number of carbonyl (C=O) groups is 1. The number of hydrogen-bond donors (Lipinski definition) is 1. The largest absolute Gasteiger partial charge is 0.350 e. The van der Waals surface area contributed by atoms with Crippen molar-refractivity contribution in [2.75, 3.05) is 0 Å². The van der Waals surface area contributed by atoms with E-state index in [1.165, 1.54) is 28.7 Å². The molecule has 0 fully saturated rings. The van der Waals surface area contributed by atoms with Crippen LogP contribution in [0.4, 0.5) is 0 Å². The van der Waals surface area contributed by atoms with Crippen molar-refractivity contribution >= 4 is 23.0 Å². The summed E-state index contributed by atoms with van der Waals surface area (Å²) in [6, 6.07) is 11.1. The van der Waals surface area contributed by atoms with Gasteiger partial charge in [-0.05, 0) is 49.9 Å². The second-order valence-corrected chi connectivity index (χ2v) is 6.45. The third kappa shape index (κ3) is 5.10. The van der Waals surface area contributed by atoms with Gasteiger partial charge in [-0.25, -0.2) is 4.98 Å². The van der Waals surface area contributed by atoms with Crippen molar-refractivity contribution in [2.24, 2.45) is 0 Å². The van der Waals surface area contributed by atoms with Crippen LogP contribution in [0.3, 0.4) is 0 Å². The van der Waals surface area contributed by atoms with Crippen molar-refractivity contribution < 1.29 is 4.79 Å². The van der Waals surface area contributed by atoms with Gasteiger partial charge in [0.25, 0.3) is 5.56 Å². The molecular formula is C21H22N4O2. The molecule has 0 aliphatic carbocycles. The minimum absolute atomic E-state index is 0.0465. The maximum atomic E-state index is 12.4. The van der Waals surface area contributed by atoms with Gasteiger partial charge in [-0.3, -0.25) is 19.1 Å². The summed E-state index contributed by atoms with van der Waals surface area (Å²) in [6.07, 6.45) is 10.6. The summed E-state index contributed by atoms with van der Waals surface area (Å²) in [4.78, 5) is 32.8. The van der Waals surface area contributed by atoms with E-state index >= 15 is 0 Å². The Morgan fingerprint density at radius 3 is 2.93 bits per heavy atom. The molecule has 0 spiro atoms. The number of amides is 1. The number of carbonyl (C=O) groups excluding carboxylic acids is 1. The Morgan fingerprint density at radius 1 is 1.26 bits per heavy atom. The monoisotopic (exact) mass is 362 g/mol. The molecule has 2 aromatic heterocycles. The Kier molecular flexibility index (Phi) is 6.10. The molecule has 0 aliphatic heterocycles. The highest BCUT2D eigenvalue weighted by molar-refractivity contribution is 5.90. The van der Waals surface area contributed by atoms with E-state index in [9.17, 15) is 9.59 Å². The summed E-state index contributed by atoms with van der Waals surface area (Å²) >= 11 is 0. The maximum absolute atomic E-state index is 12.4. The van der Waals surface area contributed by atoms with Crippen molar-refractivity contribution in [1.29, 1.82) is 0 Å². The van der Waals surface area contributed by atoms with Crippen molar-refractivity contribution in [3.63, 3.8) is 0 Å². The zero-order chi connectivity index (χ0) is 19.1. The van der Waals surface area contributed by atoms with Gasteiger partial charge in [-0.1, -0.05) is 18.2 Å². The molecule has 0 bridgehead atoms. The molecule has 2 heterocycles. The smallest absolute Gasteiger partial charge is 0.265 e. The van der Waals surface area contributed by atoms with Gasteiger partial charge in [0.2, 0.25) is 5.91 Å². The highest BCUT2D eigenvalue weighted by atomic mass is 16.1. The van der Waals surface area contributed by atoms with Gasteiger partial charge in [-0.2, -0.15) is 0 Å². The van der Waals surface area contributed by atoms with Crippen molar-refractivity contribution in [2.45, 2.75) is 32.2 Å². The molecule has 0 saturated heterocycles. The topological polar surface area (TPSA) is 76.9 Å². The van der Waals surface area contributed by atoms with Gasteiger partial charge in [0, 0.05) is 30.7 Å². The van der Waals surface area contributed by atoms with Crippen LogP contribution in [0.2, 0.25) is 0 Å². The van der Waals surface area contributed by atoms with Gasteiger partial charge in [0.15, 0.2) is 0 Å². The zero-order valence-corrected chi connectivity index (χ0v) is 15.2. The number of nitrogens with zero attached hydrogens (tertiary/aromatic N) is 3. The van der Waals surface area contributed by atoms with Crippen molar-refractivity contribution in [1.82, 2.24) is 19.9 Å². The molecule has 138 valence electrons. The first-order valence-corrected chi connectivity index (χ1v) is 8.97. The molecule has 1 N–H and O–H groups in total. The summed E-state index contributed by atoms with van der Waals surface area (Å²) in [6.45, 7) is 1.97. The second-order valence-electron chi connectivity index (χ2n) is 6.45. The highest BCUT2D eigenvalue weighted by Gasteiger charge is 2.06. The first-order chi connectivity index (χ1) is 13.1.